The van der Waals surface area contributed by atoms with E-state index in [4.69, 9.17) is 16.3 Å². The summed E-state index contributed by atoms with van der Waals surface area (Å²) in [6.45, 7) is 3.67. The number of halogens is 1. The number of ketones is 1. The van der Waals surface area contributed by atoms with Crippen molar-refractivity contribution in [1.29, 1.82) is 0 Å². The van der Waals surface area contributed by atoms with Gasteiger partial charge in [0, 0.05) is 7.11 Å². The van der Waals surface area contributed by atoms with Crippen molar-refractivity contribution in [3.8, 4) is 0 Å². The molecular formula is C10H15ClN2O3. The molecule has 1 aromatic heterocycles. The van der Waals surface area contributed by atoms with E-state index in [0.717, 1.165) is 0 Å². The van der Waals surface area contributed by atoms with E-state index >= 15 is 0 Å². The first-order valence-corrected chi connectivity index (χ1v) is 5.23. The second-order valence-corrected chi connectivity index (χ2v) is 4.35. The molecule has 5 nitrogen and oxygen atoms in total. The number of rotatable bonds is 5. The van der Waals surface area contributed by atoms with Crippen molar-refractivity contribution in [1.82, 2.24) is 9.78 Å². The lowest BCUT2D eigenvalue weighted by molar-refractivity contribution is 0.0474. The molecule has 0 spiro atoms. The van der Waals surface area contributed by atoms with E-state index in [1.165, 1.54) is 24.7 Å². The summed E-state index contributed by atoms with van der Waals surface area (Å²) in [4.78, 5) is 11.9. The van der Waals surface area contributed by atoms with Gasteiger partial charge in [-0.15, -0.1) is 0 Å². The summed E-state index contributed by atoms with van der Waals surface area (Å²) in [6, 6.07) is 0. The highest BCUT2D eigenvalue weighted by Crippen LogP contribution is 2.20. The minimum atomic E-state index is -1.46. The molecule has 1 rings (SSSR count). The summed E-state index contributed by atoms with van der Waals surface area (Å²) in [7, 11) is 1.56. The van der Waals surface area contributed by atoms with Gasteiger partial charge in [0.15, 0.2) is 0 Å². The average Bonchev–Trinajstić information content (AvgIpc) is 2.54. The number of ether oxygens (including phenoxy) is 1. The monoisotopic (exact) mass is 246 g/mol. The van der Waals surface area contributed by atoms with Gasteiger partial charge in [-0.2, -0.15) is 5.10 Å². The Morgan fingerprint density at radius 2 is 2.31 bits per heavy atom. The molecule has 90 valence electrons. The summed E-state index contributed by atoms with van der Waals surface area (Å²) in [5.41, 5.74) is -1.25. The van der Waals surface area contributed by atoms with Crippen LogP contribution in [0.25, 0.3) is 0 Å². The number of nitrogens with zero attached hydrogens (tertiary/aromatic N) is 2. The van der Waals surface area contributed by atoms with Crippen LogP contribution < -0.4 is 0 Å². The van der Waals surface area contributed by atoms with Crippen LogP contribution in [0.1, 0.15) is 24.3 Å². The predicted molar refractivity (Wildman–Crippen MR) is 59.7 cm³/mol. The van der Waals surface area contributed by atoms with Gasteiger partial charge >= 0.3 is 0 Å². The van der Waals surface area contributed by atoms with Crippen molar-refractivity contribution in [2.24, 2.45) is 0 Å². The van der Waals surface area contributed by atoms with Crippen LogP contribution in [0.4, 0.5) is 0 Å². The van der Waals surface area contributed by atoms with Crippen LogP contribution in [0.3, 0.4) is 0 Å². The molecule has 0 aromatic carbocycles. The second kappa shape index (κ2) is 4.95. The van der Waals surface area contributed by atoms with E-state index in [0.29, 0.717) is 13.2 Å². The molecule has 0 radical (unpaired) electrons. The third kappa shape index (κ3) is 2.81. The Morgan fingerprint density at radius 3 is 2.81 bits per heavy atom. The molecule has 0 aliphatic rings. The highest BCUT2D eigenvalue weighted by atomic mass is 35.5. The summed E-state index contributed by atoms with van der Waals surface area (Å²) in [5, 5.41) is 13.9. The van der Waals surface area contributed by atoms with Gasteiger partial charge in [-0.3, -0.25) is 9.48 Å². The number of Topliss-reactive ketones (excluding diaryl/α,β-unsaturated/α-hetero) is 1. The Balaban J connectivity index is 3.02. The highest BCUT2D eigenvalue weighted by molar-refractivity contribution is 6.33. The Bertz CT molecular complexity index is 382. The molecule has 0 amide bonds. The van der Waals surface area contributed by atoms with Crippen LogP contribution in [0.15, 0.2) is 6.20 Å². The predicted octanol–water partition coefficient (Wildman–Crippen LogP) is 1.14. The molecule has 6 heteroatoms. The Morgan fingerprint density at radius 1 is 1.69 bits per heavy atom. The van der Waals surface area contributed by atoms with Crippen molar-refractivity contribution < 1.29 is 14.6 Å². The van der Waals surface area contributed by atoms with E-state index in [1.54, 1.807) is 7.11 Å². The lowest BCUT2D eigenvalue weighted by Gasteiger charge is -2.16. The first kappa shape index (κ1) is 13.2. The molecule has 1 heterocycles. The SMILES string of the molecule is COCCn1ncc(Cl)c1C(=O)C(C)(C)O. The highest BCUT2D eigenvalue weighted by Gasteiger charge is 2.30. The van der Waals surface area contributed by atoms with E-state index in [-0.39, 0.29) is 10.7 Å². The Hall–Kier alpha value is -0.910. The minimum Gasteiger partial charge on any atom is -0.383 e. The molecule has 0 saturated carbocycles. The van der Waals surface area contributed by atoms with Crippen molar-refractivity contribution >= 4 is 17.4 Å². The third-order valence-electron chi connectivity index (χ3n) is 2.07. The average molecular weight is 247 g/mol. The maximum Gasteiger partial charge on any atom is 0.213 e. The maximum absolute atomic E-state index is 11.9. The lowest BCUT2D eigenvalue weighted by atomic mass is 10.0. The van der Waals surface area contributed by atoms with Crippen LogP contribution in [0.2, 0.25) is 5.02 Å². The summed E-state index contributed by atoms with van der Waals surface area (Å²) >= 11 is 5.87. The molecule has 0 unspecified atom stereocenters. The largest absolute Gasteiger partial charge is 0.383 e. The van der Waals surface area contributed by atoms with Crippen LogP contribution in [0.5, 0.6) is 0 Å². The first-order chi connectivity index (χ1) is 7.38. The molecule has 0 aliphatic heterocycles. The van der Waals surface area contributed by atoms with E-state index in [9.17, 15) is 9.90 Å². The number of methoxy groups -OCH3 is 1. The van der Waals surface area contributed by atoms with Gasteiger partial charge in [0.25, 0.3) is 0 Å². The topological polar surface area (TPSA) is 64.4 Å². The van der Waals surface area contributed by atoms with Gasteiger partial charge in [0.1, 0.15) is 11.3 Å². The number of carbonyl (C=O) groups is 1. The number of aliphatic hydroxyl groups is 1. The fourth-order valence-electron chi connectivity index (χ4n) is 1.23. The first-order valence-electron chi connectivity index (χ1n) is 4.85. The van der Waals surface area contributed by atoms with Gasteiger partial charge in [-0.1, -0.05) is 11.6 Å². The van der Waals surface area contributed by atoms with Crippen LogP contribution in [-0.2, 0) is 11.3 Å². The van der Waals surface area contributed by atoms with Crippen LogP contribution in [0, 0.1) is 0 Å². The third-order valence-corrected chi connectivity index (χ3v) is 2.35. The molecule has 0 saturated heterocycles. The van der Waals surface area contributed by atoms with E-state index in [2.05, 4.69) is 5.10 Å². The summed E-state index contributed by atoms with van der Waals surface area (Å²) in [5.74, 6) is -0.453. The van der Waals surface area contributed by atoms with Gasteiger partial charge in [0.2, 0.25) is 5.78 Å². The summed E-state index contributed by atoms with van der Waals surface area (Å²) in [6.07, 6.45) is 1.39. The molecule has 0 bridgehead atoms. The molecule has 16 heavy (non-hydrogen) atoms. The quantitative estimate of drug-likeness (QED) is 0.792. The Labute approximate surface area is 99.0 Å². The second-order valence-electron chi connectivity index (χ2n) is 3.95. The fraction of sp³-hybridized carbons (Fsp3) is 0.600. The Kier molecular flexibility index (Phi) is 4.07. The maximum atomic E-state index is 11.9. The van der Waals surface area contributed by atoms with Crippen molar-refractivity contribution in [2.45, 2.75) is 26.0 Å². The van der Waals surface area contributed by atoms with E-state index < -0.39 is 11.4 Å². The zero-order valence-electron chi connectivity index (χ0n) is 9.53. The molecule has 0 atom stereocenters. The van der Waals surface area contributed by atoms with Crippen LogP contribution in [-0.4, -0.2) is 40.0 Å². The summed E-state index contributed by atoms with van der Waals surface area (Å²) < 4.78 is 6.33. The fourth-order valence-corrected chi connectivity index (χ4v) is 1.45. The van der Waals surface area contributed by atoms with Gasteiger partial charge in [0.05, 0.1) is 24.4 Å². The molecule has 0 aliphatic carbocycles. The minimum absolute atomic E-state index is 0.214. The smallest absolute Gasteiger partial charge is 0.213 e. The van der Waals surface area contributed by atoms with Crippen LogP contribution >= 0.6 is 11.6 Å². The normalized spacial score (nSPS) is 11.8. The standard InChI is InChI=1S/C10H15ClN2O3/c1-10(2,15)9(14)8-7(11)6-12-13(8)4-5-16-3/h6,15H,4-5H2,1-3H3. The van der Waals surface area contributed by atoms with Gasteiger partial charge in [-0.05, 0) is 13.8 Å². The van der Waals surface area contributed by atoms with Crippen molar-refractivity contribution in [3.63, 3.8) is 0 Å². The van der Waals surface area contributed by atoms with Gasteiger partial charge < -0.3 is 9.84 Å². The number of carbonyl (C=O) groups excluding carboxylic acids is 1. The molecule has 0 fully saturated rings. The number of aromatic nitrogens is 2. The zero-order valence-corrected chi connectivity index (χ0v) is 10.3. The zero-order chi connectivity index (χ0) is 12.3. The van der Waals surface area contributed by atoms with Gasteiger partial charge in [-0.25, -0.2) is 0 Å². The molecular weight excluding hydrogens is 232 g/mol. The van der Waals surface area contributed by atoms with Crippen molar-refractivity contribution in [3.05, 3.63) is 16.9 Å². The van der Waals surface area contributed by atoms with Crippen molar-refractivity contribution in [2.75, 3.05) is 13.7 Å². The molecule has 1 N–H and O–H groups in total. The number of hydrogen-bond donors (Lipinski definition) is 1. The molecule has 1 aromatic rings. The number of hydrogen-bond acceptors (Lipinski definition) is 4. The van der Waals surface area contributed by atoms with E-state index in [1.807, 2.05) is 0 Å². The lowest BCUT2D eigenvalue weighted by Crippen LogP contribution is -2.33.